The van der Waals surface area contributed by atoms with Crippen LogP contribution in [0.1, 0.15) is 69.2 Å². The third-order valence-corrected chi connectivity index (χ3v) is 13.8. The van der Waals surface area contributed by atoms with E-state index in [0.717, 1.165) is 44.4 Å². The molecule has 1 aliphatic heterocycles. The number of fused-ring (bicyclic) bond motifs is 4. The molecule has 348 valence electrons. The number of anilines is 2. The van der Waals surface area contributed by atoms with Crippen molar-refractivity contribution in [3.63, 3.8) is 0 Å². The quantitative estimate of drug-likeness (QED) is 0.112. The number of hydrogen-bond donors (Lipinski definition) is 0. The molecule has 0 aliphatic carbocycles. The number of imidazole rings is 1. The Balaban J connectivity index is 1.09. The average molecular weight is 1100 g/mol. The Bertz CT molecular complexity index is 4040. The van der Waals surface area contributed by atoms with Crippen LogP contribution in [0.15, 0.2) is 176 Å². The van der Waals surface area contributed by atoms with Gasteiger partial charge in [0.1, 0.15) is 0 Å². The van der Waals surface area contributed by atoms with E-state index in [9.17, 15) is 2.74 Å². The second-order valence-electron chi connectivity index (χ2n) is 19.6. The standard InChI is InChI=1S/C61H53BN6O.Pt/c1-41-31-32-63-58(33-41)67-56-38-49(29-30-52(56)57-39-53(64-68(57)62(67)8)43-21-13-10-14-22-43)69-48-24-17-23-47(37-48)65-40-66(55-28-16-15-27-54(55)65)59-50(42-19-11-9-12-20-42)25-18-26-51(59)44-34-45(60(2,3)4)36-46(35-44)61(5,6)7;/h9-36,39H,1-8H3;/q-2;/i8D3,9D,11D,12D,19D,20D;. The summed E-state index contributed by atoms with van der Waals surface area (Å²) in [6, 6.07) is 50.1. The van der Waals surface area contributed by atoms with Gasteiger partial charge in [0.05, 0.1) is 5.69 Å². The summed E-state index contributed by atoms with van der Waals surface area (Å²) in [6.07, 6.45) is 1.66. The summed E-state index contributed by atoms with van der Waals surface area (Å²) in [5.41, 5.74) is 11.1. The number of ether oxygens (including phenoxy) is 1. The molecule has 1 aliphatic rings. The Morgan fingerprint density at radius 3 is 2.01 bits per heavy atom. The minimum absolute atomic E-state index is 0.0903. The predicted molar refractivity (Wildman–Crippen MR) is 283 cm³/mol. The van der Waals surface area contributed by atoms with Crippen LogP contribution in [-0.4, -0.2) is 30.8 Å². The number of rotatable bonds is 8. The van der Waals surface area contributed by atoms with Gasteiger partial charge in [-0.2, -0.15) is 5.10 Å². The second kappa shape index (κ2) is 17.6. The molecule has 0 saturated heterocycles. The first kappa shape index (κ1) is 36.7. The second-order valence-corrected chi connectivity index (χ2v) is 20.7. The third kappa shape index (κ3) is 8.18. The van der Waals surface area contributed by atoms with Gasteiger partial charge in [-0.05, 0) is 18.6 Å². The van der Waals surface area contributed by atoms with Gasteiger partial charge in [0.25, 0.3) is 0 Å². The zero-order valence-corrected chi connectivity index (χ0v) is 42.1. The molecule has 0 radical (unpaired) electrons. The summed E-state index contributed by atoms with van der Waals surface area (Å²) in [6.45, 7) is 11.2. The van der Waals surface area contributed by atoms with Crippen molar-refractivity contribution in [2.75, 3.05) is 4.81 Å². The fourth-order valence-corrected chi connectivity index (χ4v) is 10.2. The number of para-hydroxylation sites is 3. The van der Waals surface area contributed by atoms with Crippen molar-refractivity contribution < 1.29 is 35.1 Å². The van der Waals surface area contributed by atoms with Crippen LogP contribution >= 0.6 is 0 Å². The van der Waals surface area contributed by atoms with E-state index < -0.39 is 31.9 Å². The molecule has 0 bridgehead atoms. The first-order valence-corrected chi connectivity index (χ1v) is 24.3. The van der Waals surface area contributed by atoms with Gasteiger partial charge in [0.2, 0.25) is 0 Å². The van der Waals surface area contributed by atoms with Crippen LogP contribution < -0.4 is 9.55 Å². The maximum atomic E-state index is 9.28. The molecule has 4 heterocycles. The van der Waals surface area contributed by atoms with E-state index in [-0.39, 0.29) is 28.5 Å². The number of aromatic nitrogens is 5. The first-order valence-electron chi connectivity index (χ1n) is 27.2. The zero-order valence-electron chi connectivity index (χ0n) is 47.8. The molecule has 0 spiro atoms. The number of benzene rings is 7. The van der Waals surface area contributed by atoms with E-state index in [1.54, 1.807) is 27.7 Å². The summed E-state index contributed by atoms with van der Waals surface area (Å²) in [5, 5.41) is 4.92. The zero-order chi connectivity index (χ0) is 55.3. The Morgan fingerprint density at radius 2 is 1.31 bits per heavy atom. The fraction of sp³-hybridized carbons (Fsp3) is 0.164. The summed E-state index contributed by atoms with van der Waals surface area (Å²) >= 11 is 2.30. The molecule has 10 aromatic rings. The van der Waals surface area contributed by atoms with Crippen molar-refractivity contribution in [2.24, 2.45) is 0 Å². The molecular weight excluding hydrogens is 1040 g/mol. The molecular formula is C61H53BN6OPt-2. The molecule has 11 rings (SSSR count). The molecule has 0 saturated carbocycles. The SMILES string of the molecule is [2H]c1c([2H])c([2H])c(-c2cccc(-c3cc(C(C)(C)C)cc(C(C)(C)C)c3)c2-n2[c](=[Pt])n(-c3[c-]c(Oc4[c-]c5c(cc4)-c4cc(-c6ccccc6)nn4B(C([2H])([2H])[2H])N5c4cc(C)ccn4)ccc3)c3ccccc32)c([2H])c1[2H]. The molecule has 9 heteroatoms. The third-order valence-electron chi connectivity index (χ3n) is 12.8. The van der Waals surface area contributed by atoms with Crippen LogP contribution in [0.2, 0.25) is 6.75 Å². The van der Waals surface area contributed by atoms with Gasteiger partial charge < -0.3 is 0 Å². The predicted octanol–water partition coefficient (Wildman–Crippen LogP) is 15.2. The average Bonchev–Trinajstić information content (AvgIpc) is 4.11. The van der Waals surface area contributed by atoms with Crippen LogP contribution in [0.5, 0.6) is 11.5 Å². The Kier molecular flexibility index (Phi) is 9.22. The molecule has 7 nitrogen and oxygen atoms in total. The van der Waals surface area contributed by atoms with Crippen LogP contribution in [-0.2, 0) is 30.2 Å². The molecule has 7 aromatic carbocycles. The first-order chi connectivity index (χ1) is 37.0. The van der Waals surface area contributed by atoms with Crippen LogP contribution in [0.25, 0.3) is 67.2 Å². The van der Waals surface area contributed by atoms with Crippen LogP contribution in [0, 0.1) is 22.9 Å². The molecule has 0 amide bonds. The van der Waals surface area contributed by atoms with Crippen molar-refractivity contribution in [1.29, 1.82) is 0 Å². The summed E-state index contributed by atoms with van der Waals surface area (Å²) in [4.78, 5) is 6.36. The van der Waals surface area contributed by atoms with E-state index in [2.05, 4.69) is 100 Å². The summed E-state index contributed by atoms with van der Waals surface area (Å²) in [7, 11) is 0. The van der Waals surface area contributed by atoms with Crippen molar-refractivity contribution in [2.45, 2.75) is 66.0 Å². The normalized spacial score (nSPS) is 14.4. The van der Waals surface area contributed by atoms with Crippen molar-refractivity contribution in [3.05, 3.63) is 209 Å². The molecule has 70 heavy (non-hydrogen) atoms. The van der Waals surface area contributed by atoms with E-state index in [4.69, 9.17) is 23.0 Å². The number of pyridine rings is 1. The molecule has 0 atom stereocenters. The van der Waals surface area contributed by atoms with Crippen molar-refractivity contribution in [3.8, 4) is 67.6 Å². The van der Waals surface area contributed by atoms with E-state index in [1.165, 1.54) is 0 Å². The van der Waals surface area contributed by atoms with Crippen molar-refractivity contribution >= 4 is 29.5 Å². The van der Waals surface area contributed by atoms with Crippen LogP contribution in [0.4, 0.5) is 11.5 Å². The fourth-order valence-electron chi connectivity index (χ4n) is 9.13. The topological polar surface area (TPSA) is 53.0 Å². The van der Waals surface area contributed by atoms with Gasteiger partial charge in [0.15, 0.2) is 0 Å². The van der Waals surface area contributed by atoms with Gasteiger partial charge in [-0.25, -0.2) is 0 Å². The number of nitrogens with zero attached hydrogens (tertiary/aromatic N) is 6. The Morgan fingerprint density at radius 1 is 0.643 bits per heavy atom. The molecule has 0 fully saturated rings. The Labute approximate surface area is 433 Å². The summed E-state index contributed by atoms with van der Waals surface area (Å²) in [5.74, 6) is 1.08. The van der Waals surface area contributed by atoms with E-state index in [1.807, 2.05) is 116 Å². The van der Waals surface area contributed by atoms with Gasteiger partial charge >= 0.3 is 360 Å². The number of aryl methyl sites for hydroxylation is 1. The van der Waals surface area contributed by atoms with Crippen molar-refractivity contribution in [1.82, 2.24) is 23.8 Å². The maximum absolute atomic E-state index is 9.28. The molecule has 0 N–H and O–H groups in total. The Hall–Kier alpha value is -7.28. The summed E-state index contributed by atoms with van der Waals surface area (Å²) < 4.78 is 84.6. The molecule has 3 aromatic heterocycles. The van der Waals surface area contributed by atoms with Gasteiger partial charge in [-0.15, -0.1) is 0 Å². The van der Waals surface area contributed by atoms with Gasteiger partial charge in [-0.3, -0.25) is 0 Å². The van der Waals surface area contributed by atoms with E-state index >= 15 is 0 Å². The minimum atomic E-state index is -2.57. The van der Waals surface area contributed by atoms with Gasteiger partial charge in [-0.1, -0.05) is 30.3 Å². The monoisotopic (exact) mass is 1100 g/mol. The molecule has 0 unspecified atom stereocenters. The van der Waals surface area contributed by atoms with Crippen LogP contribution in [0.3, 0.4) is 0 Å². The van der Waals surface area contributed by atoms with Gasteiger partial charge in [0, 0.05) is 15.9 Å². The number of hydrogen-bond acceptors (Lipinski definition) is 4. The van der Waals surface area contributed by atoms with E-state index in [0.29, 0.717) is 60.7 Å².